The lowest BCUT2D eigenvalue weighted by atomic mass is 9.95. The molecule has 0 fully saturated rings. The van der Waals surface area contributed by atoms with Gasteiger partial charge >= 0.3 is 12.0 Å². The maximum Gasteiger partial charge on any atom is 0.337 e. The molecule has 0 unspecified atom stereocenters. The lowest BCUT2D eigenvalue weighted by Gasteiger charge is -2.28. The summed E-state index contributed by atoms with van der Waals surface area (Å²) in [5.74, 6) is 0.877. The second kappa shape index (κ2) is 16.1. The van der Waals surface area contributed by atoms with Crippen LogP contribution >= 0.6 is 23.2 Å². The van der Waals surface area contributed by atoms with Gasteiger partial charge in [-0.25, -0.2) is 9.59 Å². The number of rotatable bonds is 14. The second-order valence-electron chi connectivity index (χ2n) is 9.87. The molecule has 12 nitrogen and oxygen atoms in total. The Morgan fingerprint density at radius 3 is 2.59 bits per heavy atom. The van der Waals surface area contributed by atoms with Crippen LogP contribution in [0.4, 0.5) is 4.79 Å². The van der Waals surface area contributed by atoms with Crippen molar-refractivity contribution >= 4 is 41.4 Å². The van der Waals surface area contributed by atoms with Crippen LogP contribution in [0.3, 0.4) is 0 Å². The Morgan fingerprint density at radius 1 is 1.07 bits per heavy atom. The number of hydrogen-bond donors (Lipinski definition) is 4. The number of hydrazone groups is 1. The van der Waals surface area contributed by atoms with Crippen LogP contribution in [0.5, 0.6) is 23.0 Å². The number of urea groups is 1. The molecule has 14 heteroatoms. The molecule has 3 aromatic rings. The number of halogens is 2. The highest BCUT2D eigenvalue weighted by Gasteiger charge is 2.32. The number of nitrogens with zero attached hydrogens (tertiary/aromatic N) is 1. The molecule has 0 radical (unpaired) electrons. The molecule has 0 spiro atoms. The minimum Gasteiger partial charge on any atom is -0.493 e. The van der Waals surface area contributed by atoms with Crippen molar-refractivity contribution in [1.82, 2.24) is 16.1 Å². The highest BCUT2D eigenvalue weighted by atomic mass is 35.5. The molecule has 0 aliphatic carbocycles. The Kier molecular flexibility index (Phi) is 12.0. The number of esters is 1. The van der Waals surface area contributed by atoms with E-state index in [1.807, 2.05) is 12.1 Å². The Morgan fingerprint density at radius 2 is 1.87 bits per heavy atom. The van der Waals surface area contributed by atoms with E-state index in [0.717, 1.165) is 5.56 Å². The van der Waals surface area contributed by atoms with Crippen LogP contribution in [0.1, 0.15) is 36.6 Å². The summed E-state index contributed by atoms with van der Waals surface area (Å²) in [4.78, 5) is 24.6. The van der Waals surface area contributed by atoms with Crippen molar-refractivity contribution in [1.29, 1.82) is 0 Å². The summed E-state index contributed by atoms with van der Waals surface area (Å²) in [6, 6.07) is 14.4. The van der Waals surface area contributed by atoms with Crippen molar-refractivity contribution < 1.29 is 38.4 Å². The molecular formula is C32H34Cl2N4O8. The zero-order valence-corrected chi connectivity index (χ0v) is 27.1. The summed E-state index contributed by atoms with van der Waals surface area (Å²) in [7, 11) is 2.77. The summed E-state index contributed by atoms with van der Waals surface area (Å²) in [6.07, 6.45) is 0.267. The summed E-state index contributed by atoms with van der Waals surface area (Å²) in [5, 5.41) is 20.8. The topological polar surface area (TPSA) is 149 Å². The van der Waals surface area contributed by atoms with E-state index >= 15 is 0 Å². The quantitative estimate of drug-likeness (QED) is 0.0794. The lowest BCUT2D eigenvalue weighted by Crippen LogP contribution is -2.45. The highest BCUT2D eigenvalue weighted by molar-refractivity contribution is 6.32. The second-order valence-corrected chi connectivity index (χ2v) is 10.7. The summed E-state index contributed by atoms with van der Waals surface area (Å²) in [5.41, 5.74) is 5.27. The maximum absolute atomic E-state index is 12.5. The fraction of sp³-hybridized carbons (Fsp3) is 0.281. The van der Waals surface area contributed by atoms with Gasteiger partial charge in [0.2, 0.25) is 0 Å². The first-order valence-electron chi connectivity index (χ1n) is 14.1. The van der Waals surface area contributed by atoms with Crippen molar-refractivity contribution in [2.75, 3.05) is 27.4 Å². The van der Waals surface area contributed by atoms with Crippen molar-refractivity contribution in [3.63, 3.8) is 0 Å². The number of ether oxygens (including phenoxy) is 5. The molecule has 0 bridgehead atoms. The third-order valence-electron chi connectivity index (χ3n) is 6.63. The summed E-state index contributed by atoms with van der Waals surface area (Å²) >= 11 is 12.5. The van der Waals surface area contributed by atoms with Crippen LogP contribution in [0.2, 0.25) is 10.0 Å². The lowest BCUT2D eigenvalue weighted by molar-refractivity contribution is -0.136. The largest absolute Gasteiger partial charge is 0.493 e. The van der Waals surface area contributed by atoms with Gasteiger partial charge in [-0.05, 0) is 66.9 Å². The van der Waals surface area contributed by atoms with Crippen LogP contribution in [0.15, 0.2) is 71.0 Å². The number of methoxy groups -OCH3 is 2. The van der Waals surface area contributed by atoms with E-state index < -0.39 is 24.3 Å². The first kappa shape index (κ1) is 34.2. The van der Waals surface area contributed by atoms with E-state index in [2.05, 4.69) is 21.2 Å². The van der Waals surface area contributed by atoms with E-state index in [9.17, 15) is 14.7 Å². The zero-order valence-electron chi connectivity index (χ0n) is 25.6. The van der Waals surface area contributed by atoms with Crippen LogP contribution in [-0.2, 0) is 16.1 Å². The van der Waals surface area contributed by atoms with Gasteiger partial charge < -0.3 is 39.4 Å². The minimum atomic E-state index is -1.19. The molecule has 4 N–H and O–H groups in total. The van der Waals surface area contributed by atoms with Gasteiger partial charge in [0.05, 0.1) is 43.7 Å². The molecule has 4 rings (SSSR count). The number of allylic oxidation sites excluding steroid dienone is 1. The zero-order chi connectivity index (χ0) is 33.2. The molecule has 0 aromatic heterocycles. The van der Waals surface area contributed by atoms with Crippen LogP contribution in [0.25, 0.3) is 0 Å². The van der Waals surface area contributed by atoms with E-state index in [4.69, 9.17) is 46.9 Å². The third kappa shape index (κ3) is 8.75. The molecule has 0 saturated heterocycles. The molecule has 46 heavy (non-hydrogen) atoms. The van der Waals surface area contributed by atoms with Gasteiger partial charge in [0.15, 0.2) is 29.2 Å². The first-order valence-corrected chi connectivity index (χ1v) is 14.9. The van der Waals surface area contributed by atoms with Gasteiger partial charge in [0.1, 0.15) is 13.2 Å². The third-order valence-corrected chi connectivity index (χ3v) is 7.15. The Balaban J connectivity index is 1.39. The van der Waals surface area contributed by atoms with E-state index in [0.29, 0.717) is 56.5 Å². The molecule has 1 heterocycles. The molecule has 2 atom stereocenters. The van der Waals surface area contributed by atoms with E-state index in [1.165, 1.54) is 20.4 Å². The van der Waals surface area contributed by atoms with Gasteiger partial charge in [-0.2, -0.15) is 5.10 Å². The van der Waals surface area contributed by atoms with Gasteiger partial charge in [-0.3, -0.25) is 5.43 Å². The van der Waals surface area contributed by atoms with Gasteiger partial charge in [0, 0.05) is 10.7 Å². The molecular weight excluding hydrogens is 639 g/mol. The number of carbonyl (C=O) groups excluding carboxylic acids is 2. The van der Waals surface area contributed by atoms with Crippen molar-refractivity contribution in [2.24, 2.45) is 5.10 Å². The molecule has 1 aliphatic rings. The fourth-order valence-electron chi connectivity index (χ4n) is 4.56. The van der Waals surface area contributed by atoms with E-state index in [-0.39, 0.29) is 18.8 Å². The average molecular weight is 674 g/mol. The number of carbonyl (C=O) groups is 2. The van der Waals surface area contributed by atoms with Crippen LogP contribution in [0, 0.1) is 0 Å². The fourth-order valence-corrected chi connectivity index (χ4v) is 5.04. The van der Waals surface area contributed by atoms with Crippen LogP contribution < -0.4 is 35.0 Å². The normalized spacial score (nSPS) is 15.1. The van der Waals surface area contributed by atoms with Gasteiger partial charge in [-0.1, -0.05) is 41.4 Å². The Bertz CT molecular complexity index is 1630. The number of aliphatic hydroxyl groups is 1. The number of nitrogens with one attached hydrogen (secondary N) is 3. The molecule has 0 saturated carbocycles. The predicted molar refractivity (Wildman–Crippen MR) is 173 cm³/mol. The Hall–Kier alpha value is -4.65. The van der Waals surface area contributed by atoms with Gasteiger partial charge in [-0.15, -0.1) is 0 Å². The monoisotopic (exact) mass is 672 g/mol. The average Bonchev–Trinajstić information content (AvgIpc) is 3.03. The molecule has 3 aromatic carbocycles. The SMILES string of the molecule is CCOc1cc([C@@H]2NC(=O)NC(C)=C2C(=O)OC)ccc1OC[C@H](O)N/N=C/c1cc(Cl)c(OCc2cccc(Cl)c2)c(OC)c1. The van der Waals surface area contributed by atoms with Crippen molar-refractivity contribution in [2.45, 2.75) is 32.7 Å². The standard InChI is InChI=1S/C32H34Cl2N4O8/c1-5-44-25-14-21(29-28(31(40)43-4)18(2)36-32(41)37-29)9-10-24(25)45-17-27(39)38-35-15-20-12-23(34)30(26(13-20)42-3)46-16-19-7-6-8-22(33)11-19/h6-15,27,29,38-39H,5,16-17H2,1-4H3,(H2,36,37,41)/b35-15+/t27-,29-/m0/s1. The summed E-state index contributed by atoms with van der Waals surface area (Å²) < 4.78 is 27.8. The molecule has 244 valence electrons. The minimum absolute atomic E-state index is 0.187. The number of aliphatic hydroxyl groups excluding tert-OH is 1. The summed E-state index contributed by atoms with van der Waals surface area (Å²) in [6.45, 7) is 3.79. The maximum atomic E-state index is 12.5. The molecule has 2 amide bonds. The predicted octanol–water partition coefficient (Wildman–Crippen LogP) is 5.10. The van der Waals surface area contributed by atoms with Gasteiger partial charge in [0.25, 0.3) is 0 Å². The molecule has 1 aliphatic heterocycles. The smallest absolute Gasteiger partial charge is 0.337 e. The number of benzene rings is 3. The number of amides is 2. The van der Waals surface area contributed by atoms with Crippen molar-refractivity contribution in [3.05, 3.63) is 92.6 Å². The Labute approximate surface area is 276 Å². The van der Waals surface area contributed by atoms with Crippen molar-refractivity contribution in [3.8, 4) is 23.0 Å². The number of hydrogen-bond acceptors (Lipinski definition) is 10. The van der Waals surface area contributed by atoms with Crippen LogP contribution in [-0.4, -0.2) is 57.0 Å². The van der Waals surface area contributed by atoms with E-state index in [1.54, 1.807) is 56.3 Å². The first-order chi connectivity index (χ1) is 22.1. The highest BCUT2D eigenvalue weighted by Crippen LogP contribution is 2.37.